The van der Waals surface area contributed by atoms with Gasteiger partial charge in [0.05, 0.1) is 0 Å². The van der Waals surface area contributed by atoms with Gasteiger partial charge in [-0.05, 0) is 24.7 Å². The summed E-state index contributed by atoms with van der Waals surface area (Å²) in [6.45, 7) is 4.24. The van der Waals surface area contributed by atoms with Gasteiger partial charge < -0.3 is 10.2 Å². The summed E-state index contributed by atoms with van der Waals surface area (Å²) in [5, 5.41) is 17.4. The molecule has 0 radical (unpaired) electrons. The highest BCUT2D eigenvalue weighted by atomic mass is 16.4. The Labute approximate surface area is 122 Å². The van der Waals surface area contributed by atoms with Crippen LogP contribution < -0.4 is 0 Å². The number of unbranched alkanes of at least 4 members (excludes halogenated alkanes) is 1. The van der Waals surface area contributed by atoms with E-state index in [1.807, 2.05) is 0 Å². The number of carbonyl (C=O) groups is 2. The van der Waals surface area contributed by atoms with Crippen molar-refractivity contribution < 1.29 is 19.8 Å². The SMILES string of the molecule is CCC(CCCCC(CC)CCC(=O)O)CCC(=O)O. The van der Waals surface area contributed by atoms with Gasteiger partial charge in [-0.2, -0.15) is 0 Å². The predicted octanol–water partition coefficient (Wildman–Crippen LogP) is 4.33. The van der Waals surface area contributed by atoms with E-state index in [9.17, 15) is 9.59 Å². The molecule has 118 valence electrons. The summed E-state index contributed by atoms with van der Waals surface area (Å²) in [6.07, 6.45) is 8.64. The number of aliphatic carboxylic acids is 2. The summed E-state index contributed by atoms with van der Waals surface area (Å²) in [5.41, 5.74) is 0. The van der Waals surface area contributed by atoms with Crippen LogP contribution in [0.5, 0.6) is 0 Å². The smallest absolute Gasteiger partial charge is 0.303 e. The van der Waals surface area contributed by atoms with Crippen LogP contribution in [-0.2, 0) is 9.59 Å². The fourth-order valence-electron chi connectivity index (χ4n) is 2.63. The number of rotatable bonds is 13. The molecule has 0 fully saturated rings. The topological polar surface area (TPSA) is 74.6 Å². The van der Waals surface area contributed by atoms with E-state index in [0.717, 1.165) is 51.4 Å². The van der Waals surface area contributed by atoms with E-state index in [1.54, 1.807) is 0 Å². The maximum absolute atomic E-state index is 10.6. The molecular weight excluding hydrogens is 256 g/mol. The standard InChI is InChI=1S/C16H30O4/c1-3-13(9-11-15(17)18)7-5-6-8-14(4-2)10-12-16(19)20/h13-14H,3-12H2,1-2H3,(H,17,18)(H,19,20). The van der Waals surface area contributed by atoms with E-state index in [2.05, 4.69) is 13.8 Å². The Morgan fingerprint density at radius 3 is 1.35 bits per heavy atom. The minimum absolute atomic E-state index is 0.273. The van der Waals surface area contributed by atoms with Crippen molar-refractivity contribution in [2.45, 2.75) is 78.1 Å². The van der Waals surface area contributed by atoms with Gasteiger partial charge in [-0.15, -0.1) is 0 Å². The van der Waals surface area contributed by atoms with Crippen molar-refractivity contribution in [2.75, 3.05) is 0 Å². The summed E-state index contributed by atoms with van der Waals surface area (Å²) in [6, 6.07) is 0. The fraction of sp³-hybridized carbons (Fsp3) is 0.875. The number of carboxylic acid groups (broad SMARTS) is 2. The number of carboxylic acids is 2. The van der Waals surface area contributed by atoms with Gasteiger partial charge in [0, 0.05) is 12.8 Å². The zero-order chi connectivity index (χ0) is 15.4. The van der Waals surface area contributed by atoms with Crippen molar-refractivity contribution in [1.29, 1.82) is 0 Å². The Morgan fingerprint density at radius 2 is 1.10 bits per heavy atom. The highest BCUT2D eigenvalue weighted by Crippen LogP contribution is 2.23. The van der Waals surface area contributed by atoms with E-state index in [4.69, 9.17) is 10.2 Å². The molecule has 4 nitrogen and oxygen atoms in total. The lowest BCUT2D eigenvalue weighted by atomic mass is 9.90. The highest BCUT2D eigenvalue weighted by molar-refractivity contribution is 5.66. The molecule has 2 N–H and O–H groups in total. The summed E-state index contributed by atoms with van der Waals surface area (Å²) >= 11 is 0. The molecule has 0 saturated heterocycles. The van der Waals surface area contributed by atoms with Crippen LogP contribution in [0.2, 0.25) is 0 Å². The second-order valence-corrected chi connectivity index (χ2v) is 5.70. The van der Waals surface area contributed by atoms with E-state index in [1.165, 1.54) is 0 Å². The molecule has 20 heavy (non-hydrogen) atoms. The largest absolute Gasteiger partial charge is 0.481 e. The van der Waals surface area contributed by atoms with E-state index < -0.39 is 11.9 Å². The van der Waals surface area contributed by atoms with Gasteiger partial charge in [-0.25, -0.2) is 0 Å². The number of hydrogen-bond donors (Lipinski definition) is 2. The molecule has 2 atom stereocenters. The molecule has 0 spiro atoms. The monoisotopic (exact) mass is 286 g/mol. The lowest BCUT2D eigenvalue weighted by Crippen LogP contribution is -2.06. The van der Waals surface area contributed by atoms with Crippen molar-refractivity contribution in [1.82, 2.24) is 0 Å². The summed E-state index contributed by atoms with van der Waals surface area (Å²) in [4.78, 5) is 21.1. The molecule has 0 rings (SSSR count). The van der Waals surface area contributed by atoms with Crippen LogP contribution in [0.4, 0.5) is 0 Å². The minimum Gasteiger partial charge on any atom is -0.481 e. The van der Waals surface area contributed by atoms with E-state index >= 15 is 0 Å². The van der Waals surface area contributed by atoms with Crippen LogP contribution in [0.25, 0.3) is 0 Å². The van der Waals surface area contributed by atoms with Gasteiger partial charge >= 0.3 is 11.9 Å². The lowest BCUT2D eigenvalue weighted by molar-refractivity contribution is -0.138. The van der Waals surface area contributed by atoms with Gasteiger partial charge in [0.1, 0.15) is 0 Å². The molecule has 0 aliphatic rings. The maximum Gasteiger partial charge on any atom is 0.303 e. The summed E-state index contributed by atoms with van der Waals surface area (Å²) in [5.74, 6) is -0.373. The van der Waals surface area contributed by atoms with Gasteiger partial charge in [-0.1, -0.05) is 52.4 Å². The third kappa shape index (κ3) is 10.8. The molecule has 0 aliphatic carbocycles. The van der Waals surface area contributed by atoms with E-state index in [-0.39, 0.29) is 12.8 Å². The fourth-order valence-corrected chi connectivity index (χ4v) is 2.63. The van der Waals surface area contributed by atoms with Crippen molar-refractivity contribution in [3.8, 4) is 0 Å². The van der Waals surface area contributed by atoms with Crippen LogP contribution in [0.15, 0.2) is 0 Å². The zero-order valence-corrected chi connectivity index (χ0v) is 12.9. The second-order valence-electron chi connectivity index (χ2n) is 5.70. The molecule has 4 heteroatoms. The molecule has 0 aliphatic heterocycles. The van der Waals surface area contributed by atoms with Crippen LogP contribution in [0, 0.1) is 11.8 Å². The Kier molecular flexibility index (Phi) is 11.1. The molecular formula is C16H30O4. The molecule has 2 unspecified atom stereocenters. The highest BCUT2D eigenvalue weighted by Gasteiger charge is 2.11. The predicted molar refractivity (Wildman–Crippen MR) is 79.8 cm³/mol. The maximum atomic E-state index is 10.6. The van der Waals surface area contributed by atoms with Gasteiger partial charge in [0.25, 0.3) is 0 Å². The molecule has 0 aromatic heterocycles. The minimum atomic E-state index is -0.705. The zero-order valence-electron chi connectivity index (χ0n) is 12.9. The summed E-state index contributed by atoms with van der Waals surface area (Å²) in [7, 11) is 0. The average Bonchev–Trinajstić information content (AvgIpc) is 2.40. The normalized spacial score (nSPS) is 13.9. The Hall–Kier alpha value is -1.06. The van der Waals surface area contributed by atoms with Gasteiger partial charge in [0.2, 0.25) is 0 Å². The quantitative estimate of drug-likeness (QED) is 0.494. The first-order valence-corrected chi connectivity index (χ1v) is 7.93. The van der Waals surface area contributed by atoms with Crippen molar-refractivity contribution in [3.05, 3.63) is 0 Å². The van der Waals surface area contributed by atoms with Crippen LogP contribution in [0.1, 0.15) is 78.1 Å². The van der Waals surface area contributed by atoms with Crippen LogP contribution >= 0.6 is 0 Å². The Bertz CT molecular complexity index is 248. The van der Waals surface area contributed by atoms with Crippen LogP contribution in [0.3, 0.4) is 0 Å². The summed E-state index contributed by atoms with van der Waals surface area (Å²) < 4.78 is 0. The molecule has 0 heterocycles. The van der Waals surface area contributed by atoms with Crippen molar-refractivity contribution >= 4 is 11.9 Å². The molecule has 0 saturated carbocycles. The molecule has 0 aromatic rings. The molecule has 0 bridgehead atoms. The molecule has 0 aromatic carbocycles. The lowest BCUT2D eigenvalue weighted by Gasteiger charge is -2.16. The first-order chi connectivity index (χ1) is 9.49. The van der Waals surface area contributed by atoms with Crippen molar-refractivity contribution in [3.63, 3.8) is 0 Å². The van der Waals surface area contributed by atoms with Crippen LogP contribution in [-0.4, -0.2) is 22.2 Å². The van der Waals surface area contributed by atoms with Gasteiger partial charge in [-0.3, -0.25) is 9.59 Å². The van der Waals surface area contributed by atoms with Crippen molar-refractivity contribution in [2.24, 2.45) is 11.8 Å². The third-order valence-electron chi connectivity index (χ3n) is 4.16. The van der Waals surface area contributed by atoms with E-state index in [0.29, 0.717) is 11.8 Å². The number of hydrogen-bond acceptors (Lipinski definition) is 2. The first-order valence-electron chi connectivity index (χ1n) is 7.93. The third-order valence-corrected chi connectivity index (χ3v) is 4.16. The second kappa shape index (κ2) is 11.7. The first kappa shape index (κ1) is 18.9. The Balaban J connectivity index is 3.74. The molecule has 0 amide bonds. The Morgan fingerprint density at radius 1 is 0.750 bits per heavy atom. The van der Waals surface area contributed by atoms with Gasteiger partial charge in [0.15, 0.2) is 0 Å². The average molecular weight is 286 g/mol.